The summed E-state index contributed by atoms with van der Waals surface area (Å²) >= 11 is 4.85. The van der Waals surface area contributed by atoms with Crippen molar-refractivity contribution in [3.05, 3.63) is 59.9 Å². The van der Waals surface area contributed by atoms with Gasteiger partial charge in [-0.05, 0) is 29.8 Å². The van der Waals surface area contributed by atoms with Gasteiger partial charge in [0.25, 0.3) is 5.91 Å². The van der Waals surface area contributed by atoms with Crippen molar-refractivity contribution in [3.63, 3.8) is 0 Å². The number of hydrogen-bond acceptors (Lipinski definition) is 3. The highest BCUT2D eigenvalue weighted by Gasteiger charge is 2.05. The Morgan fingerprint density at radius 3 is 2.58 bits per heavy atom. The van der Waals surface area contributed by atoms with Crippen LogP contribution < -0.4 is 11.1 Å². The maximum absolute atomic E-state index is 11.9. The average molecular weight is 271 g/mol. The molecule has 1 aromatic heterocycles. The molecule has 0 saturated heterocycles. The minimum Gasteiger partial charge on any atom is -0.393 e. The smallest absolute Gasteiger partial charge is 0.257 e. The van der Waals surface area contributed by atoms with Gasteiger partial charge in [0.1, 0.15) is 0 Å². The predicted molar refractivity (Wildman–Crippen MR) is 79.1 cm³/mol. The molecule has 0 unspecified atom stereocenters. The van der Waals surface area contributed by atoms with Gasteiger partial charge in [-0.3, -0.25) is 9.78 Å². The van der Waals surface area contributed by atoms with Gasteiger partial charge < -0.3 is 11.1 Å². The van der Waals surface area contributed by atoms with Gasteiger partial charge in [-0.1, -0.05) is 24.4 Å². The summed E-state index contributed by atoms with van der Waals surface area (Å²) in [5, 5.41) is 2.80. The number of rotatable bonds is 4. The van der Waals surface area contributed by atoms with Crippen LogP contribution in [0.1, 0.15) is 15.9 Å². The number of carbonyl (C=O) groups excluding carboxylic acids is 1. The molecule has 0 aliphatic rings. The van der Waals surface area contributed by atoms with Crippen LogP contribution in [0.25, 0.3) is 0 Å². The molecule has 2 rings (SSSR count). The topological polar surface area (TPSA) is 68.0 Å². The van der Waals surface area contributed by atoms with E-state index in [1.165, 1.54) is 6.20 Å². The molecule has 2 aromatic rings. The number of nitrogens with zero attached hydrogens (tertiary/aromatic N) is 1. The Morgan fingerprint density at radius 1 is 1.26 bits per heavy atom. The maximum Gasteiger partial charge on any atom is 0.257 e. The van der Waals surface area contributed by atoms with Gasteiger partial charge in [0.05, 0.1) is 10.6 Å². The third kappa shape index (κ3) is 3.86. The second-order valence-electron chi connectivity index (χ2n) is 4.04. The number of benzene rings is 1. The number of aromatic nitrogens is 1. The molecule has 0 atom stereocenters. The number of nitrogens with one attached hydrogen (secondary N) is 1. The Morgan fingerprint density at radius 2 is 2.00 bits per heavy atom. The number of carbonyl (C=O) groups is 1. The SMILES string of the molecule is NC(=S)Cc1ccc(NC(=O)c2cccnc2)cc1. The molecule has 19 heavy (non-hydrogen) atoms. The molecule has 0 bridgehead atoms. The van der Waals surface area contributed by atoms with Crippen molar-refractivity contribution in [1.82, 2.24) is 4.98 Å². The molecule has 3 N–H and O–H groups in total. The quantitative estimate of drug-likeness (QED) is 0.836. The van der Waals surface area contributed by atoms with Crippen molar-refractivity contribution >= 4 is 28.8 Å². The first-order valence-electron chi connectivity index (χ1n) is 5.74. The molecule has 0 saturated carbocycles. The zero-order chi connectivity index (χ0) is 13.7. The summed E-state index contributed by atoms with van der Waals surface area (Å²) in [6, 6.07) is 10.9. The van der Waals surface area contributed by atoms with Crippen LogP contribution in [0, 0.1) is 0 Å². The lowest BCUT2D eigenvalue weighted by atomic mass is 10.1. The lowest BCUT2D eigenvalue weighted by Crippen LogP contribution is -2.13. The van der Waals surface area contributed by atoms with Crippen LogP contribution in [0.2, 0.25) is 0 Å². The molecule has 0 spiro atoms. The van der Waals surface area contributed by atoms with Crippen LogP contribution in [0.3, 0.4) is 0 Å². The number of pyridine rings is 1. The summed E-state index contributed by atoms with van der Waals surface area (Å²) < 4.78 is 0. The Bertz CT molecular complexity index is 581. The van der Waals surface area contributed by atoms with Crippen LogP contribution in [-0.4, -0.2) is 15.9 Å². The van der Waals surface area contributed by atoms with Crippen molar-refractivity contribution in [1.29, 1.82) is 0 Å². The first kappa shape index (κ1) is 13.2. The summed E-state index contributed by atoms with van der Waals surface area (Å²) in [5.74, 6) is -0.185. The molecule has 1 heterocycles. The van der Waals surface area contributed by atoms with E-state index >= 15 is 0 Å². The van der Waals surface area contributed by atoms with E-state index in [9.17, 15) is 4.79 Å². The fourth-order valence-corrected chi connectivity index (χ4v) is 1.77. The molecule has 4 nitrogen and oxygen atoms in total. The Hall–Kier alpha value is -2.27. The molecule has 0 radical (unpaired) electrons. The van der Waals surface area contributed by atoms with E-state index < -0.39 is 0 Å². The van der Waals surface area contributed by atoms with Crippen molar-refractivity contribution in [2.24, 2.45) is 5.73 Å². The van der Waals surface area contributed by atoms with Gasteiger partial charge in [0.15, 0.2) is 0 Å². The molecule has 0 aliphatic carbocycles. The zero-order valence-corrected chi connectivity index (χ0v) is 11.0. The fraction of sp³-hybridized carbons (Fsp3) is 0.0714. The maximum atomic E-state index is 11.9. The predicted octanol–water partition coefficient (Wildman–Crippen LogP) is 2.16. The number of nitrogens with two attached hydrogens (primary N) is 1. The third-order valence-corrected chi connectivity index (χ3v) is 2.66. The Balaban J connectivity index is 2.04. The van der Waals surface area contributed by atoms with E-state index in [2.05, 4.69) is 10.3 Å². The van der Waals surface area contributed by atoms with Crippen molar-refractivity contribution in [2.75, 3.05) is 5.32 Å². The molecule has 0 aliphatic heterocycles. The lowest BCUT2D eigenvalue weighted by molar-refractivity contribution is 0.102. The standard InChI is InChI=1S/C14H13N3OS/c15-13(19)8-10-3-5-12(6-4-10)17-14(18)11-2-1-7-16-9-11/h1-7,9H,8H2,(H2,15,19)(H,17,18). The van der Waals surface area contributed by atoms with E-state index in [4.69, 9.17) is 18.0 Å². The summed E-state index contributed by atoms with van der Waals surface area (Å²) in [4.78, 5) is 16.2. The second kappa shape index (κ2) is 6.06. The third-order valence-electron chi connectivity index (χ3n) is 2.51. The number of hydrogen-bond donors (Lipinski definition) is 2. The summed E-state index contributed by atoms with van der Waals surface area (Å²) in [6.45, 7) is 0. The van der Waals surface area contributed by atoms with Crippen LogP contribution in [0.5, 0.6) is 0 Å². The van der Waals surface area contributed by atoms with Gasteiger partial charge in [0, 0.05) is 24.5 Å². The van der Waals surface area contributed by atoms with E-state index in [1.807, 2.05) is 24.3 Å². The number of anilines is 1. The Labute approximate surface area is 116 Å². The second-order valence-corrected chi connectivity index (χ2v) is 4.56. The molecule has 5 heteroatoms. The van der Waals surface area contributed by atoms with E-state index in [0.29, 0.717) is 17.0 Å². The van der Waals surface area contributed by atoms with Crippen LogP contribution in [0.4, 0.5) is 5.69 Å². The van der Waals surface area contributed by atoms with Crippen LogP contribution in [-0.2, 0) is 6.42 Å². The molecule has 1 aromatic carbocycles. The number of thiocarbonyl (C=S) groups is 1. The van der Waals surface area contributed by atoms with Gasteiger partial charge in [0.2, 0.25) is 0 Å². The summed E-state index contributed by atoms with van der Waals surface area (Å²) in [6.07, 6.45) is 3.71. The monoisotopic (exact) mass is 271 g/mol. The van der Waals surface area contributed by atoms with Crippen molar-refractivity contribution < 1.29 is 4.79 Å². The highest BCUT2D eigenvalue weighted by atomic mass is 32.1. The zero-order valence-electron chi connectivity index (χ0n) is 10.2. The van der Waals surface area contributed by atoms with Gasteiger partial charge >= 0.3 is 0 Å². The van der Waals surface area contributed by atoms with Gasteiger partial charge in [-0.25, -0.2) is 0 Å². The minimum atomic E-state index is -0.185. The van der Waals surface area contributed by atoms with E-state index in [-0.39, 0.29) is 5.91 Å². The highest BCUT2D eigenvalue weighted by molar-refractivity contribution is 7.80. The normalized spacial score (nSPS) is 9.89. The molecule has 1 amide bonds. The van der Waals surface area contributed by atoms with Crippen LogP contribution >= 0.6 is 12.2 Å². The first-order chi connectivity index (χ1) is 9.15. The van der Waals surface area contributed by atoms with E-state index in [1.54, 1.807) is 18.3 Å². The van der Waals surface area contributed by atoms with Crippen molar-refractivity contribution in [3.8, 4) is 0 Å². The van der Waals surface area contributed by atoms with Gasteiger partial charge in [-0.2, -0.15) is 0 Å². The molecular weight excluding hydrogens is 258 g/mol. The van der Waals surface area contributed by atoms with E-state index in [0.717, 1.165) is 11.3 Å². The fourth-order valence-electron chi connectivity index (χ4n) is 1.61. The number of amides is 1. The van der Waals surface area contributed by atoms with Gasteiger partial charge in [-0.15, -0.1) is 0 Å². The average Bonchev–Trinajstić information content (AvgIpc) is 2.41. The van der Waals surface area contributed by atoms with Crippen LogP contribution in [0.15, 0.2) is 48.8 Å². The first-order valence-corrected chi connectivity index (χ1v) is 6.14. The Kier molecular flexibility index (Phi) is 4.20. The molecular formula is C14H13N3OS. The summed E-state index contributed by atoms with van der Waals surface area (Å²) in [5.41, 5.74) is 7.74. The lowest BCUT2D eigenvalue weighted by Gasteiger charge is -2.06. The highest BCUT2D eigenvalue weighted by Crippen LogP contribution is 2.11. The van der Waals surface area contributed by atoms with Crippen molar-refractivity contribution in [2.45, 2.75) is 6.42 Å². The minimum absolute atomic E-state index is 0.185. The molecule has 0 fully saturated rings. The largest absolute Gasteiger partial charge is 0.393 e. The summed E-state index contributed by atoms with van der Waals surface area (Å²) in [7, 11) is 0. The molecule has 96 valence electrons.